The molecule has 0 spiro atoms. The lowest BCUT2D eigenvalue weighted by molar-refractivity contribution is 0.414. The second kappa shape index (κ2) is 12.4. The van der Waals surface area contributed by atoms with E-state index in [0.29, 0.717) is 0 Å². The first-order chi connectivity index (χ1) is 22.6. The lowest BCUT2D eigenvalue weighted by Crippen LogP contribution is -2.15. The van der Waals surface area contributed by atoms with E-state index in [1.54, 1.807) is 0 Å². The van der Waals surface area contributed by atoms with Gasteiger partial charge in [-0.05, 0) is 5.57 Å². The third kappa shape index (κ3) is 4.73. The predicted octanol–water partition coefficient (Wildman–Crippen LogP) is 7.22. The minimum atomic E-state index is -2.76. The molecule has 238 valence electrons. The van der Waals surface area contributed by atoms with E-state index in [9.17, 15) is 42.1 Å². The smallest absolute Gasteiger partial charge is 0.180 e. The molecule has 4 rings (SSSR count). The van der Waals surface area contributed by atoms with Gasteiger partial charge in [-0.1, -0.05) is 5.92 Å². The Morgan fingerprint density at radius 3 is 1.04 bits per heavy atom. The van der Waals surface area contributed by atoms with Crippen LogP contribution in [-0.4, -0.2) is 0 Å². The Bertz CT molecular complexity index is 2080. The Morgan fingerprint density at radius 1 is 0.479 bits per heavy atom. The first-order valence-corrected chi connectivity index (χ1v) is 12.4. The molecule has 0 saturated heterocycles. The quantitative estimate of drug-likeness (QED) is 0.123. The van der Waals surface area contributed by atoms with Crippen molar-refractivity contribution in [2.45, 2.75) is 11.8 Å². The van der Waals surface area contributed by atoms with Crippen LogP contribution in [0, 0.1) is 151 Å². The molecule has 0 amide bonds. The molecule has 17 heteroatoms. The molecule has 48 heavy (non-hydrogen) atoms. The zero-order chi connectivity index (χ0) is 36.1. The first-order valence-electron chi connectivity index (χ1n) is 12.4. The van der Waals surface area contributed by atoms with Crippen LogP contribution in [0.4, 0.5) is 52.7 Å². The fourth-order valence-electron chi connectivity index (χ4n) is 5.34. The van der Waals surface area contributed by atoms with E-state index in [1.165, 1.54) is 5.92 Å². The van der Waals surface area contributed by atoms with Gasteiger partial charge in [0.25, 0.3) is 0 Å². The summed E-state index contributed by atoms with van der Waals surface area (Å²) in [5, 5.41) is 47.4. The van der Waals surface area contributed by atoms with Gasteiger partial charge >= 0.3 is 0 Å². The van der Waals surface area contributed by atoms with Crippen LogP contribution in [0.25, 0.3) is 5.57 Å². The summed E-state index contributed by atoms with van der Waals surface area (Å²) in [5.74, 6) is -37.7. The number of halogens is 12. The molecule has 4 unspecified atom stereocenters. The molecule has 1 saturated carbocycles. The molecule has 0 aromatic heterocycles. The minimum absolute atomic E-state index is 0.800. The highest BCUT2D eigenvalue weighted by Gasteiger charge is 2.59. The number of benzene rings is 3. The van der Waals surface area contributed by atoms with Gasteiger partial charge in [-0.15, -0.1) is 6.42 Å². The maximum Gasteiger partial charge on any atom is 0.180 e. The average molecular weight is 675 g/mol. The van der Waals surface area contributed by atoms with Crippen molar-refractivity contribution in [3.63, 3.8) is 0 Å². The average Bonchev–Trinajstić information content (AvgIpc) is 3.78. The SMILES string of the molecule is C#Cc1c(F)c(F)c(C(C#N)=C2C(C(C#N)c3c(F)c(F)c(C#N)c(F)c3F)C2C(C#N)c2c(F)c(F)c(C#N)c(F)c2F)c(F)c1F. The Labute approximate surface area is 260 Å². The van der Waals surface area contributed by atoms with E-state index in [4.69, 9.17) is 16.9 Å². The summed E-state index contributed by atoms with van der Waals surface area (Å²) in [6.07, 6.45) is 4.84. The maximum absolute atomic E-state index is 15.1. The van der Waals surface area contributed by atoms with Crippen molar-refractivity contribution in [2.24, 2.45) is 11.8 Å². The predicted molar refractivity (Wildman–Crippen MR) is 132 cm³/mol. The summed E-state index contributed by atoms with van der Waals surface area (Å²) in [6.45, 7) is 0. The Kier molecular flexibility index (Phi) is 8.90. The van der Waals surface area contributed by atoms with Gasteiger partial charge in [0, 0.05) is 23.0 Å². The Balaban J connectivity index is 2.17. The van der Waals surface area contributed by atoms with Crippen LogP contribution in [0.3, 0.4) is 0 Å². The van der Waals surface area contributed by atoms with Crippen LogP contribution >= 0.6 is 0 Å². The van der Waals surface area contributed by atoms with Crippen molar-refractivity contribution in [1.82, 2.24) is 0 Å². The number of hydrogen-bond donors (Lipinski definition) is 0. The van der Waals surface area contributed by atoms with Crippen molar-refractivity contribution >= 4 is 5.57 Å². The van der Waals surface area contributed by atoms with Gasteiger partial charge in [-0.2, -0.15) is 26.3 Å². The third-order valence-corrected chi connectivity index (χ3v) is 7.49. The number of hydrogen-bond acceptors (Lipinski definition) is 5. The summed E-state index contributed by atoms with van der Waals surface area (Å²) in [7, 11) is 0. The highest BCUT2D eigenvalue weighted by molar-refractivity contribution is 5.85. The van der Waals surface area contributed by atoms with E-state index in [0.717, 1.165) is 30.3 Å². The standard InChI is InChI=1S/C31H5F12N5/c1-2-8-20(32)26(38)17(27(39)21(8)33)9(3-44)14-15(10(4-45)18-28(40)22(34)12(6-47)23(35)29(18)41)16(14)11(5-46)19-30(42)24(36)13(7-48)25(37)31(19)43/h1,10-11,15-16H. The second-order valence-corrected chi connectivity index (χ2v) is 9.67. The summed E-state index contributed by atoms with van der Waals surface area (Å²) < 4.78 is 178. The lowest BCUT2D eigenvalue weighted by atomic mass is 9.86. The molecule has 0 radical (unpaired) electrons. The van der Waals surface area contributed by atoms with Crippen molar-refractivity contribution in [3.8, 4) is 42.7 Å². The topological polar surface area (TPSA) is 119 Å². The lowest BCUT2D eigenvalue weighted by Gasteiger charge is -2.16. The van der Waals surface area contributed by atoms with Gasteiger partial charge in [0.15, 0.2) is 69.8 Å². The molecule has 1 aliphatic rings. The van der Waals surface area contributed by atoms with E-state index < -0.39 is 138 Å². The molecule has 3 aromatic carbocycles. The molecule has 1 aliphatic carbocycles. The fraction of sp³-hybridized carbons (Fsp3) is 0.129. The van der Waals surface area contributed by atoms with E-state index in [1.807, 2.05) is 0 Å². The van der Waals surface area contributed by atoms with Crippen LogP contribution in [0.1, 0.15) is 45.2 Å². The second-order valence-electron chi connectivity index (χ2n) is 9.67. The van der Waals surface area contributed by atoms with Crippen LogP contribution in [0.15, 0.2) is 5.57 Å². The summed E-state index contributed by atoms with van der Waals surface area (Å²) in [5.41, 5.74) is -13.8. The number of nitrogens with zero attached hydrogens (tertiary/aromatic N) is 5. The van der Waals surface area contributed by atoms with Crippen molar-refractivity contribution < 1.29 is 52.7 Å². The van der Waals surface area contributed by atoms with Crippen LogP contribution in [0.5, 0.6) is 0 Å². The van der Waals surface area contributed by atoms with Gasteiger partial charge in [0.2, 0.25) is 0 Å². The van der Waals surface area contributed by atoms with Gasteiger partial charge < -0.3 is 0 Å². The van der Waals surface area contributed by atoms with Crippen LogP contribution < -0.4 is 0 Å². The Hall–Kier alpha value is -6.43. The van der Waals surface area contributed by atoms with Crippen molar-refractivity contribution in [2.75, 3.05) is 0 Å². The zero-order valence-electron chi connectivity index (χ0n) is 22.7. The molecule has 0 heterocycles. The van der Waals surface area contributed by atoms with E-state index in [2.05, 4.69) is 0 Å². The Morgan fingerprint density at radius 2 is 0.792 bits per heavy atom. The molecule has 0 N–H and O–H groups in total. The van der Waals surface area contributed by atoms with Crippen LogP contribution in [0.2, 0.25) is 0 Å². The molecule has 0 aliphatic heterocycles. The van der Waals surface area contributed by atoms with Gasteiger partial charge in [0.05, 0.1) is 41.2 Å². The molecule has 3 aromatic rings. The number of nitriles is 5. The van der Waals surface area contributed by atoms with Gasteiger partial charge in [-0.3, -0.25) is 0 Å². The maximum atomic E-state index is 15.1. The van der Waals surface area contributed by atoms with Gasteiger partial charge in [0.1, 0.15) is 28.8 Å². The summed E-state index contributed by atoms with van der Waals surface area (Å²) in [4.78, 5) is 0. The van der Waals surface area contributed by atoms with Gasteiger partial charge in [-0.25, -0.2) is 52.7 Å². The number of rotatable bonds is 5. The number of allylic oxidation sites excluding steroid dienone is 2. The highest BCUT2D eigenvalue weighted by atomic mass is 19.2. The highest BCUT2D eigenvalue weighted by Crippen LogP contribution is 2.63. The fourth-order valence-corrected chi connectivity index (χ4v) is 5.34. The third-order valence-electron chi connectivity index (χ3n) is 7.49. The minimum Gasteiger partial charge on any atom is -0.203 e. The van der Waals surface area contributed by atoms with E-state index >= 15 is 26.3 Å². The van der Waals surface area contributed by atoms with E-state index in [-0.39, 0.29) is 0 Å². The normalized spacial score (nSPS) is 16.0. The molecule has 4 atom stereocenters. The molecular formula is C31H5F12N5. The molecule has 0 bridgehead atoms. The van der Waals surface area contributed by atoms with Crippen molar-refractivity contribution in [3.05, 3.63) is 109 Å². The summed E-state index contributed by atoms with van der Waals surface area (Å²) >= 11 is 0. The largest absolute Gasteiger partial charge is 0.203 e. The summed E-state index contributed by atoms with van der Waals surface area (Å²) in [6, 6.07) is 4.90. The molecule has 5 nitrogen and oxygen atoms in total. The zero-order valence-corrected chi connectivity index (χ0v) is 22.7. The monoisotopic (exact) mass is 675 g/mol. The molecular weight excluding hydrogens is 670 g/mol. The van der Waals surface area contributed by atoms with Crippen molar-refractivity contribution in [1.29, 1.82) is 26.3 Å². The molecule has 1 fully saturated rings. The van der Waals surface area contributed by atoms with Crippen LogP contribution in [-0.2, 0) is 0 Å². The first kappa shape index (κ1) is 34.4. The number of terminal acetylenes is 1.